The molecule has 3 heterocycles. The van der Waals surface area contributed by atoms with E-state index in [1.54, 1.807) is 25.1 Å². The molecule has 2 aromatic heterocycles. The first-order chi connectivity index (χ1) is 17.0. The van der Waals surface area contributed by atoms with Gasteiger partial charge in [0.15, 0.2) is 17.2 Å². The van der Waals surface area contributed by atoms with Gasteiger partial charge in [0, 0.05) is 11.1 Å². The first-order valence-corrected chi connectivity index (χ1v) is 10.6. The van der Waals surface area contributed by atoms with E-state index >= 15 is 0 Å². The van der Waals surface area contributed by atoms with Gasteiger partial charge in [-0.25, -0.2) is 10.1 Å². The second kappa shape index (κ2) is 9.13. The normalized spacial score (nSPS) is 12.6. The smallest absolute Gasteiger partial charge is 0.294 e. The Kier molecular flexibility index (Phi) is 5.71. The molecule has 178 valence electrons. The van der Waals surface area contributed by atoms with Crippen LogP contribution < -0.4 is 25.4 Å². The van der Waals surface area contributed by atoms with Crippen LogP contribution in [0.25, 0.3) is 17.1 Å². The van der Waals surface area contributed by atoms with Crippen LogP contribution in [0.5, 0.6) is 17.2 Å². The molecular formula is C22H20N8O5. The number of carbonyl (C=O) groups excluding carboxylic acids is 1. The van der Waals surface area contributed by atoms with Crippen LogP contribution in [0.1, 0.15) is 29.9 Å². The molecule has 5 rings (SSSR count). The molecular weight excluding hydrogens is 456 g/mol. The van der Waals surface area contributed by atoms with Crippen molar-refractivity contribution in [3.05, 3.63) is 53.7 Å². The summed E-state index contributed by atoms with van der Waals surface area (Å²) in [6, 6.07) is 12.5. The van der Waals surface area contributed by atoms with E-state index in [2.05, 4.69) is 31.2 Å². The largest absolute Gasteiger partial charge is 0.494 e. The third-order valence-corrected chi connectivity index (χ3v) is 5.12. The number of hydrazone groups is 1. The Hall–Kier alpha value is -4.94. The van der Waals surface area contributed by atoms with Crippen molar-refractivity contribution in [2.45, 2.75) is 13.8 Å². The second-order valence-electron chi connectivity index (χ2n) is 7.34. The molecule has 4 aromatic rings. The molecule has 0 saturated carbocycles. The van der Waals surface area contributed by atoms with Crippen LogP contribution in [0.4, 0.5) is 5.82 Å². The highest BCUT2D eigenvalue weighted by molar-refractivity contribution is 6.02. The van der Waals surface area contributed by atoms with Crippen molar-refractivity contribution in [1.29, 1.82) is 0 Å². The van der Waals surface area contributed by atoms with Gasteiger partial charge in [-0.3, -0.25) is 4.79 Å². The number of nitrogen functional groups attached to an aromatic ring is 1. The number of hydrogen-bond donors (Lipinski definition) is 2. The number of benzene rings is 2. The van der Waals surface area contributed by atoms with Crippen LogP contribution in [0.3, 0.4) is 0 Å². The van der Waals surface area contributed by atoms with Crippen molar-refractivity contribution >= 4 is 17.4 Å². The van der Waals surface area contributed by atoms with Gasteiger partial charge in [-0.15, -0.1) is 5.10 Å². The van der Waals surface area contributed by atoms with E-state index in [1.807, 2.05) is 31.2 Å². The Bertz CT molecular complexity index is 1430. The number of ether oxygens (including phenoxy) is 3. The van der Waals surface area contributed by atoms with E-state index in [0.717, 1.165) is 5.56 Å². The van der Waals surface area contributed by atoms with Crippen molar-refractivity contribution in [1.82, 2.24) is 30.7 Å². The minimum Gasteiger partial charge on any atom is -0.494 e. The predicted octanol–water partition coefficient (Wildman–Crippen LogP) is 2.18. The maximum atomic E-state index is 13.1. The number of hydrogen-bond acceptors (Lipinski definition) is 11. The summed E-state index contributed by atoms with van der Waals surface area (Å²) in [5.41, 5.74) is 10.6. The van der Waals surface area contributed by atoms with Crippen molar-refractivity contribution in [3.8, 4) is 34.3 Å². The Balaban J connectivity index is 1.49. The molecule has 0 spiro atoms. The molecule has 1 amide bonds. The number of anilines is 1. The topological polar surface area (TPSA) is 165 Å². The van der Waals surface area contributed by atoms with Gasteiger partial charge in [0.2, 0.25) is 18.4 Å². The van der Waals surface area contributed by atoms with Crippen LogP contribution in [0, 0.1) is 0 Å². The molecule has 13 heteroatoms. The quantitative estimate of drug-likeness (QED) is 0.298. The van der Waals surface area contributed by atoms with Gasteiger partial charge in [-0.2, -0.15) is 9.78 Å². The number of aromatic nitrogens is 5. The Morgan fingerprint density at radius 3 is 2.86 bits per heavy atom. The average Bonchev–Trinajstić information content (AvgIpc) is 3.61. The average molecular weight is 476 g/mol. The third-order valence-electron chi connectivity index (χ3n) is 5.12. The maximum absolute atomic E-state index is 13.1. The lowest BCUT2D eigenvalue weighted by atomic mass is 10.1. The summed E-state index contributed by atoms with van der Waals surface area (Å²) < 4.78 is 22.3. The highest BCUT2D eigenvalue weighted by Gasteiger charge is 2.27. The minimum absolute atomic E-state index is 0.0214. The van der Waals surface area contributed by atoms with Crippen LogP contribution in [-0.4, -0.2) is 50.3 Å². The minimum atomic E-state index is -0.598. The molecule has 13 nitrogen and oxygen atoms in total. The molecule has 35 heavy (non-hydrogen) atoms. The fourth-order valence-corrected chi connectivity index (χ4v) is 3.45. The van der Waals surface area contributed by atoms with Gasteiger partial charge in [0.25, 0.3) is 5.91 Å². The lowest BCUT2D eigenvalue weighted by Crippen LogP contribution is -2.21. The van der Waals surface area contributed by atoms with E-state index < -0.39 is 5.91 Å². The zero-order valence-corrected chi connectivity index (χ0v) is 18.8. The van der Waals surface area contributed by atoms with Gasteiger partial charge < -0.3 is 19.9 Å². The maximum Gasteiger partial charge on any atom is 0.294 e. The molecule has 0 atom stereocenters. The predicted molar refractivity (Wildman–Crippen MR) is 122 cm³/mol. The zero-order chi connectivity index (χ0) is 24.4. The van der Waals surface area contributed by atoms with Gasteiger partial charge in [0.1, 0.15) is 11.4 Å². The lowest BCUT2D eigenvalue weighted by molar-refractivity contribution is 0.0950. The molecule has 0 radical (unpaired) electrons. The fourth-order valence-electron chi connectivity index (χ4n) is 3.45. The summed E-state index contributed by atoms with van der Waals surface area (Å²) in [4.78, 5) is 13.1. The Morgan fingerprint density at radius 2 is 2.06 bits per heavy atom. The molecule has 0 bridgehead atoms. The van der Waals surface area contributed by atoms with Gasteiger partial charge in [0.05, 0.1) is 12.3 Å². The summed E-state index contributed by atoms with van der Waals surface area (Å²) in [5.74, 6) is 1.26. The lowest BCUT2D eigenvalue weighted by Gasteiger charge is -2.08. The highest BCUT2D eigenvalue weighted by atomic mass is 16.7. The third kappa shape index (κ3) is 4.21. The summed E-state index contributed by atoms with van der Waals surface area (Å²) in [6.07, 6.45) is 0. The monoisotopic (exact) mass is 476 g/mol. The van der Waals surface area contributed by atoms with Crippen molar-refractivity contribution in [3.63, 3.8) is 0 Å². The van der Waals surface area contributed by atoms with E-state index in [1.165, 1.54) is 4.68 Å². The summed E-state index contributed by atoms with van der Waals surface area (Å²) in [5, 5.41) is 19.7. The van der Waals surface area contributed by atoms with Gasteiger partial charge in [-0.05, 0) is 54.5 Å². The van der Waals surface area contributed by atoms with E-state index in [0.29, 0.717) is 35.1 Å². The fraction of sp³-hybridized carbons (Fsp3) is 0.182. The second-order valence-corrected chi connectivity index (χ2v) is 7.34. The number of nitrogens with one attached hydrogen (secondary N) is 1. The molecule has 0 unspecified atom stereocenters. The molecule has 1 aliphatic heterocycles. The van der Waals surface area contributed by atoms with Crippen LogP contribution in [0.2, 0.25) is 0 Å². The highest BCUT2D eigenvalue weighted by Crippen LogP contribution is 2.37. The van der Waals surface area contributed by atoms with E-state index in [4.69, 9.17) is 24.6 Å². The van der Waals surface area contributed by atoms with Crippen molar-refractivity contribution in [2.24, 2.45) is 5.10 Å². The molecule has 0 saturated heterocycles. The molecule has 0 aliphatic carbocycles. The van der Waals surface area contributed by atoms with Gasteiger partial charge >= 0.3 is 0 Å². The number of nitrogens with two attached hydrogens (primary N) is 1. The summed E-state index contributed by atoms with van der Waals surface area (Å²) in [7, 11) is 0. The van der Waals surface area contributed by atoms with Crippen LogP contribution in [0.15, 0.2) is 52.2 Å². The molecule has 2 aromatic carbocycles. The van der Waals surface area contributed by atoms with E-state index in [-0.39, 0.29) is 29.8 Å². The standard InChI is InChI=1S/C22H20N8O5/c1-3-32-15-6-4-5-13(9-15)12(2)24-26-22(31)18-19(14-7-8-16-17(10-14)34-11-33-16)30(29-25-18)21-20(23)27-35-28-21/h4-10H,3,11H2,1-2H3,(H2,23,27)(H,26,31). The Morgan fingerprint density at radius 1 is 1.20 bits per heavy atom. The van der Waals surface area contributed by atoms with E-state index in [9.17, 15) is 4.79 Å². The number of fused-ring (bicyclic) bond motifs is 1. The van der Waals surface area contributed by atoms with Crippen LogP contribution in [-0.2, 0) is 0 Å². The SMILES string of the molecule is CCOc1cccc(C(C)=NNC(=O)c2nnn(-c3nonc3N)c2-c2ccc3c(c2)OCO3)c1. The van der Waals surface area contributed by atoms with Crippen LogP contribution >= 0.6 is 0 Å². The molecule has 3 N–H and O–H groups in total. The first-order valence-electron chi connectivity index (χ1n) is 10.6. The van der Waals surface area contributed by atoms with Crippen molar-refractivity contribution in [2.75, 3.05) is 19.1 Å². The number of nitrogens with zero attached hydrogens (tertiary/aromatic N) is 6. The zero-order valence-electron chi connectivity index (χ0n) is 18.8. The van der Waals surface area contributed by atoms with Gasteiger partial charge in [-0.1, -0.05) is 17.3 Å². The number of rotatable bonds is 7. The number of carbonyl (C=O) groups is 1. The summed E-state index contributed by atoms with van der Waals surface area (Å²) >= 11 is 0. The first kappa shape index (κ1) is 21.9. The molecule has 1 aliphatic rings. The number of amides is 1. The van der Waals surface area contributed by atoms with Crippen molar-refractivity contribution < 1.29 is 23.6 Å². The summed E-state index contributed by atoms with van der Waals surface area (Å²) in [6.45, 7) is 4.31. The molecule has 0 fully saturated rings. The Labute approximate surface area is 198 Å².